The van der Waals surface area contributed by atoms with Crippen molar-refractivity contribution in [1.29, 1.82) is 0 Å². The number of methoxy groups -OCH3 is 1. The van der Waals surface area contributed by atoms with Crippen LogP contribution in [0.1, 0.15) is 25.3 Å². The molecule has 1 aromatic rings. The molecule has 1 fully saturated rings. The zero-order chi connectivity index (χ0) is 15.5. The summed E-state index contributed by atoms with van der Waals surface area (Å²) in [6.07, 6.45) is 2.12. The Morgan fingerprint density at radius 2 is 2.29 bits per heavy atom. The average molecular weight is 332 g/mol. The third-order valence-corrected chi connectivity index (χ3v) is 4.33. The third kappa shape index (κ3) is 3.69. The van der Waals surface area contributed by atoms with E-state index in [-0.39, 0.29) is 6.10 Å². The largest absolute Gasteiger partial charge is 0.467 e. The van der Waals surface area contributed by atoms with E-state index in [1.165, 1.54) is 7.11 Å². The molecule has 0 saturated carbocycles. The van der Waals surface area contributed by atoms with Crippen LogP contribution in [0, 0.1) is 0 Å². The predicted octanol–water partition coefficient (Wildman–Crippen LogP) is 3.15. The van der Waals surface area contributed by atoms with E-state index in [1.54, 1.807) is 25.1 Å². The molecular weight excluding hydrogens is 313 g/mol. The Balaban J connectivity index is 2.27. The highest BCUT2D eigenvalue weighted by Crippen LogP contribution is 2.32. The molecule has 0 aliphatic carbocycles. The number of nitrogens with one attached hydrogen (secondary N) is 1. The van der Waals surface area contributed by atoms with Crippen molar-refractivity contribution in [2.45, 2.75) is 31.4 Å². The first kappa shape index (κ1) is 16.6. The molecule has 0 radical (unpaired) electrons. The summed E-state index contributed by atoms with van der Waals surface area (Å²) in [5.41, 5.74) is -0.468. The summed E-state index contributed by atoms with van der Waals surface area (Å²) in [6, 6.07) is 5.04. The van der Waals surface area contributed by atoms with E-state index in [9.17, 15) is 4.79 Å². The molecule has 2 atom stereocenters. The molecule has 0 amide bonds. The van der Waals surface area contributed by atoms with Crippen LogP contribution in [0.25, 0.3) is 0 Å². The Kier molecular flexibility index (Phi) is 5.49. The van der Waals surface area contributed by atoms with Crippen LogP contribution < -0.4 is 5.32 Å². The van der Waals surface area contributed by atoms with E-state index in [2.05, 4.69) is 5.32 Å². The Morgan fingerprint density at radius 1 is 1.52 bits per heavy atom. The fraction of sp³-hybridized carbons (Fsp3) is 0.533. The second kappa shape index (κ2) is 6.97. The highest BCUT2D eigenvalue weighted by Gasteiger charge is 2.38. The van der Waals surface area contributed by atoms with Crippen molar-refractivity contribution >= 4 is 29.2 Å². The molecule has 2 unspecified atom stereocenters. The lowest BCUT2D eigenvalue weighted by molar-refractivity contribution is -0.148. The zero-order valence-electron chi connectivity index (χ0n) is 12.1. The summed E-state index contributed by atoms with van der Waals surface area (Å²) >= 11 is 12.3. The molecule has 1 N–H and O–H groups in total. The molecule has 4 nitrogen and oxygen atoms in total. The van der Waals surface area contributed by atoms with Gasteiger partial charge in [-0.3, -0.25) is 5.32 Å². The number of carbonyl (C=O) groups excluding carboxylic acids is 1. The van der Waals surface area contributed by atoms with Gasteiger partial charge in [-0.25, -0.2) is 4.79 Å². The Morgan fingerprint density at radius 3 is 2.90 bits per heavy atom. The molecule has 21 heavy (non-hydrogen) atoms. The van der Waals surface area contributed by atoms with Gasteiger partial charge in [-0.05, 0) is 38.0 Å². The fourth-order valence-electron chi connectivity index (χ4n) is 2.49. The van der Waals surface area contributed by atoms with Gasteiger partial charge >= 0.3 is 5.97 Å². The van der Waals surface area contributed by atoms with Gasteiger partial charge < -0.3 is 9.47 Å². The lowest BCUT2D eigenvalue weighted by Gasteiger charge is -2.30. The monoisotopic (exact) mass is 331 g/mol. The maximum Gasteiger partial charge on any atom is 0.330 e. The van der Waals surface area contributed by atoms with Crippen molar-refractivity contribution in [2.75, 3.05) is 20.3 Å². The van der Waals surface area contributed by atoms with Crippen molar-refractivity contribution in [3.63, 3.8) is 0 Å². The van der Waals surface area contributed by atoms with Crippen molar-refractivity contribution in [1.82, 2.24) is 5.32 Å². The van der Waals surface area contributed by atoms with Gasteiger partial charge in [0.2, 0.25) is 0 Å². The number of carbonyl (C=O) groups is 1. The molecule has 6 heteroatoms. The number of benzene rings is 1. The minimum Gasteiger partial charge on any atom is -0.467 e. The van der Waals surface area contributed by atoms with Crippen LogP contribution in [0.3, 0.4) is 0 Å². The van der Waals surface area contributed by atoms with E-state index >= 15 is 0 Å². The van der Waals surface area contributed by atoms with Gasteiger partial charge in [0.1, 0.15) is 5.54 Å². The second-order valence-corrected chi connectivity index (χ2v) is 6.10. The van der Waals surface area contributed by atoms with Crippen LogP contribution in [0.2, 0.25) is 10.0 Å². The molecule has 0 aromatic heterocycles. The summed E-state index contributed by atoms with van der Waals surface area (Å²) in [5.74, 6) is -0.412. The number of halogens is 2. The van der Waals surface area contributed by atoms with Gasteiger partial charge in [-0.15, -0.1) is 0 Å². The van der Waals surface area contributed by atoms with E-state index in [0.29, 0.717) is 22.2 Å². The summed E-state index contributed by atoms with van der Waals surface area (Å²) in [7, 11) is 1.35. The van der Waals surface area contributed by atoms with Gasteiger partial charge in [0.25, 0.3) is 0 Å². The van der Waals surface area contributed by atoms with Crippen LogP contribution in [-0.4, -0.2) is 32.3 Å². The number of ether oxygens (including phenoxy) is 2. The summed E-state index contributed by atoms with van der Waals surface area (Å²) < 4.78 is 10.5. The Hall–Kier alpha value is -0.810. The highest BCUT2D eigenvalue weighted by atomic mass is 35.5. The van der Waals surface area contributed by atoms with Gasteiger partial charge in [0, 0.05) is 28.8 Å². The molecule has 1 aliphatic rings. The summed E-state index contributed by atoms with van der Waals surface area (Å²) in [6.45, 7) is 3.05. The first-order valence-electron chi connectivity index (χ1n) is 6.88. The summed E-state index contributed by atoms with van der Waals surface area (Å²) in [5, 5.41) is 4.21. The first-order chi connectivity index (χ1) is 9.97. The molecule has 0 bridgehead atoms. The SMILES string of the molecule is COC(=O)C(C)(NCC1CCCO1)c1cc(Cl)ccc1Cl. The first-order valence-corrected chi connectivity index (χ1v) is 7.63. The lowest BCUT2D eigenvalue weighted by Crippen LogP contribution is -2.50. The second-order valence-electron chi connectivity index (χ2n) is 5.26. The van der Waals surface area contributed by atoms with Crippen molar-refractivity contribution < 1.29 is 14.3 Å². The van der Waals surface area contributed by atoms with E-state index in [0.717, 1.165) is 19.4 Å². The van der Waals surface area contributed by atoms with Crippen LogP contribution in [0.5, 0.6) is 0 Å². The third-order valence-electron chi connectivity index (χ3n) is 3.77. The minimum atomic E-state index is -1.07. The van der Waals surface area contributed by atoms with E-state index in [4.69, 9.17) is 32.7 Å². The maximum absolute atomic E-state index is 12.3. The molecule has 1 aliphatic heterocycles. The van der Waals surface area contributed by atoms with Crippen LogP contribution >= 0.6 is 23.2 Å². The normalized spacial score (nSPS) is 21.0. The zero-order valence-corrected chi connectivity index (χ0v) is 13.6. The topological polar surface area (TPSA) is 47.6 Å². The smallest absolute Gasteiger partial charge is 0.330 e. The van der Waals surface area contributed by atoms with Crippen LogP contribution in [0.15, 0.2) is 18.2 Å². The fourth-order valence-corrected chi connectivity index (χ4v) is 2.96. The van der Waals surface area contributed by atoms with Gasteiger partial charge in [-0.2, -0.15) is 0 Å². The van der Waals surface area contributed by atoms with Gasteiger partial charge in [0.15, 0.2) is 0 Å². The van der Waals surface area contributed by atoms with Crippen molar-refractivity contribution in [3.8, 4) is 0 Å². The summed E-state index contributed by atoms with van der Waals surface area (Å²) in [4.78, 5) is 12.3. The van der Waals surface area contributed by atoms with Crippen LogP contribution in [0.4, 0.5) is 0 Å². The van der Waals surface area contributed by atoms with Crippen molar-refractivity contribution in [2.24, 2.45) is 0 Å². The molecule has 116 valence electrons. The van der Waals surface area contributed by atoms with E-state index in [1.807, 2.05) is 0 Å². The number of hydrogen-bond donors (Lipinski definition) is 1. The van der Waals surface area contributed by atoms with Gasteiger partial charge in [-0.1, -0.05) is 23.2 Å². The van der Waals surface area contributed by atoms with Crippen molar-refractivity contribution in [3.05, 3.63) is 33.8 Å². The number of esters is 1. The standard InChI is InChI=1S/C15H19Cl2NO3/c1-15(14(19)20-2,18-9-11-4-3-7-21-11)12-8-10(16)5-6-13(12)17/h5-6,8,11,18H,3-4,7,9H2,1-2H3. The average Bonchev–Trinajstić information content (AvgIpc) is 2.99. The van der Waals surface area contributed by atoms with Crippen LogP contribution in [-0.2, 0) is 19.8 Å². The molecule has 0 spiro atoms. The molecular formula is C15H19Cl2NO3. The Labute approximate surface area is 134 Å². The number of hydrogen-bond acceptors (Lipinski definition) is 4. The Bertz CT molecular complexity index is 518. The number of rotatable bonds is 5. The quantitative estimate of drug-likeness (QED) is 0.842. The lowest BCUT2D eigenvalue weighted by atomic mass is 9.91. The maximum atomic E-state index is 12.3. The molecule has 1 heterocycles. The predicted molar refractivity (Wildman–Crippen MR) is 82.8 cm³/mol. The molecule has 2 rings (SSSR count). The van der Waals surface area contributed by atoms with E-state index < -0.39 is 11.5 Å². The molecule has 1 aromatic carbocycles. The minimum absolute atomic E-state index is 0.104. The highest BCUT2D eigenvalue weighted by molar-refractivity contribution is 6.33. The van der Waals surface area contributed by atoms with Gasteiger partial charge in [0.05, 0.1) is 13.2 Å². The molecule has 1 saturated heterocycles.